The standard InChI is InChI=1S/C10H8FN5/c11-8-1-6(3-15-10(8)13)9-5-14-4-7(2-12)16-9/h1,3-4,14H,5H2,(H2,13,15). The van der Waals surface area contributed by atoms with Gasteiger partial charge in [-0.25, -0.2) is 14.4 Å². The summed E-state index contributed by atoms with van der Waals surface area (Å²) in [5.41, 5.74) is 6.59. The Bertz CT molecular complexity index is 527. The van der Waals surface area contributed by atoms with Crippen LogP contribution in [0.15, 0.2) is 29.2 Å². The molecule has 2 rings (SSSR count). The Labute approximate surface area is 91.1 Å². The van der Waals surface area contributed by atoms with E-state index in [1.807, 2.05) is 6.07 Å². The summed E-state index contributed by atoms with van der Waals surface area (Å²) in [6.45, 7) is 0.427. The fraction of sp³-hybridized carbons (Fsp3) is 0.100. The highest BCUT2D eigenvalue weighted by Gasteiger charge is 2.11. The van der Waals surface area contributed by atoms with Crippen LogP contribution in [0, 0.1) is 17.1 Å². The topological polar surface area (TPSA) is 87.1 Å². The Morgan fingerprint density at radius 2 is 2.38 bits per heavy atom. The lowest BCUT2D eigenvalue weighted by atomic mass is 10.1. The van der Waals surface area contributed by atoms with Gasteiger partial charge in [-0.15, -0.1) is 0 Å². The summed E-state index contributed by atoms with van der Waals surface area (Å²) < 4.78 is 13.2. The van der Waals surface area contributed by atoms with Gasteiger partial charge in [0.15, 0.2) is 17.3 Å². The van der Waals surface area contributed by atoms with E-state index >= 15 is 0 Å². The van der Waals surface area contributed by atoms with Crippen LogP contribution in [0.5, 0.6) is 0 Å². The van der Waals surface area contributed by atoms with Crippen LogP contribution in [-0.2, 0) is 0 Å². The molecule has 1 aliphatic heterocycles. The number of nitrogens with two attached hydrogens (primary N) is 1. The number of aliphatic imine (C=N–C) groups is 1. The summed E-state index contributed by atoms with van der Waals surface area (Å²) in [7, 11) is 0. The summed E-state index contributed by atoms with van der Waals surface area (Å²) in [6.07, 6.45) is 2.93. The van der Waals surface area contributed by atoms with Gasteiger partial charge in [-0.1, -0.05) is 0 Å². The number of nitrogens with zero attached hydrogens (tertiary/aromatic N) is 3. The van der Waals surface area contributed by atoms with Crippen molar-refractivity contribution < 1.29 is 4.39 Å². The molecule has 0 aliphatic carbocycles. The van der Waals surface area contributed by atoms with E-state index < -0.39 is 5.82 Å². The average molecular weight is 217 g/mol. The molecule has 3 N–H and O–H groups in total. The highest BCUT2D eigenvalue weighted by atomic mass is 19.1. The lowest BCUT2D eigenvalue weighted by molar-refractivity contribution is 0.626. The highest BCUT2D eigenvalue weighted by molar-refractivity contribution is 6.03. The van der Waals surface area contributed by atoms with E-state index in [4.69, 9.17) is 11.0 Å². The first-order valence-electron chi connectivity index (χ1n) is 4.53. The molecule has 0 spiro atoms. The molecule has 1 aromatic rings. The average Bonchev–Trinajstić information content (AvgIpc) is 2.33. The molecule has 1 aliphatic rings. The van der Waals surface area contributed by atoms with Gasteiger partial charge in [-0.3, -0.25) is 0 Å². The molecular weight excluding hydrogens is 209 g/mol. The second-order valence-corrected chi connectivity index (χ2v) is 3.17. The van der Waals surface area contributed by atoms with Crippen molar-refractivity contribution in [3.63, 3.8) is 0 Å². The van der Waals surface area contributed by atoms with Gasteiger partial charge in [-0.05, 0) is 6.07 Å². The van der Waals surface area contributed by atoms with Crippen molar-refractivity contribution in [1.82, 2.24) is 10.3 Å². The van der Waals surface area contributed by atoms with Gasteiger partial charge < -0.3 is 11.1 Å². The Morgan fingerprint density at radius 3 is 3.06 bits per heavy atom. The predicted octanol–water partition coefficient (Wildman–Crippen LogP) is 0.560. The highest BCUT2D eigenvalue weighted by Crippen LogP contribution is 2.11. The summed E-state index contributed by atoms with van der Waals surface area (Å²) in [6, 6.07) is 3.16. The third-order valence-electron chi connectivity index (χ3n) is 2.08. The van der Waals surface area contributed by atoms with E-state index in [0.717, 1.165) is 0 Å². The molecule has 0 amide bonds. The molecule has 1 aromatic heterocycles. The zero-order chi connectivity index (χ0) is 11.5. The fourth-order valence-electron chi connectivity index (χ4n) is 1.29. The zero-order valence-electron chi connectivity index (χ0n) is 8.24. The number of pyridine rings is 1. The largest absolute Gasteiger partial charge is 0.383 e. The number of rotatable bonds is 1. The molecule has 0 saturated heterocycles. The number of allylic oxidation sites excluding steroid dienone is 1. The Balaban J connectivity index is 2.39. The Morgan fingerprint density at radius 1 is 1.56 bits per heavy atom. The van der Waals surface area contributed by atoms with Crippen LogP contribution in [0.2, 0.25) is 0 Å². The van der Waals surface area contributed by atoms with Gasteiger partial charge in [0.25, 0.3) is 0 Å². The summed E-state index contributed by atoms with van der Waals surface area (Å²) in [5, 5.41) is 11.6. The van der Waals surface area contributed by atoms with Crippen LogP contribution in [0.4, 0.5) is 10.2 Å². The van der Waals surface area contributed by atoms with E-state index in [2.05, 4.69) is 15.3 Å². The quantitative estimate of drug-likeness (QED) is 0.719. The minimum atomic E-state index is -0.590. The first-order chi connectivity index (χ1) is 7.70. The van der Waals surface area contributed by atoms with Gasteiger partial charge >= 0.3 is 0 Å². The van der Waals surface area contributed by atoms with Gasteiger partial charge in [0.05, 0.1) is 12.3 Å². The summed E-state index contributed by atoms with van der Waals surface area (Å²) in [4.78, 5) is 7.74. The van der Waals surface area contributed by atoms with Crippen molar-refractivity contribution in [2.45, 2.75) is 0 Å². The molecule has 0 fully saturated rings. The summed E-state index contributed by atoms with van der Waals surface area (Å²) >= 11 is 0. The van der Waals surface area contributed by atoms with E-state index in [9.17, 15) is 4.39 Å². The number of halogens is 1. The number of aromatic nitrogens is 1. The van der Waals surface area contributed by atoms with Crippen LogP contribution in [0.1, 0.15) is 5.56 Å². The van der Waals surface area contributed by atoms with Crippen molar-refractivity contribution in [2.75, 3.05) is 12.3 Å². The first kappa shape index (κ1) is 10.1. The molecule has 2 heterocycles. The number of nitriles is 1. The van der Waals surface area contributed by atoms with Gasteiger partial charge in [0, 0.05) is 18.0 Å². The van der Waals surface area contributed by atoms with Crippen molar-refractivity contribution in [2.24, 2.45) is 4.99 Å². The smallest absolute Gasteiger partial charge is 0.165 e. The molecule has 0 radical (unpaired) electrons. The van der Waals surface area contributed by atoms with Crippen LogP contribution in [-0.4, -0.2) is 17.2 Å². The predicted molar refractivity (Wildman–Crippen MR) is 56.8 cm³/mol. The van der Waals surface area contributed by atoms with Crippen LogP contribution in [0.25, 0.3) is 0 Å². The molecule has 0 atom stereocenters. The van der Waals surface area contributed by atoms with Crippen molar-refractivity contribution >= 4 is 11.5 Å². The number of nitrogen functional groups attached to an aromatic ring is 1. The van der Waals surface area contributed by atoms with E-state index in [0.29, 0.717) is 17.8 Å². The number of nitrogens with one attached hydrogen (secondary N) is 1. The molecule has 0 aromatic carbocycles. The molecule has 0 bridgehead atoms. The van der Waals surface area contributed by atoms with Crippen molar-refractivity contribution in [1.29, 1.82) is 5.26 Å². The zero-order valence-corrected chi connectivity index (χ0v) is 8.24. The Kier molecular flexibility index (Phi) is 2.52. The van der Waals surface area contributed by atoms with E-state index in [-0.39, 0.29) is 11.5 Å². The number of anilines is 1. The number of hydrogen-bond acceptors (Lipinski definition) is 5. The third-order valence-corrected chi connectivity index (χ3v) is 2.08. The van der Waals surface area contributed by atoms with Gasteiger partial charge in [0.2, 0.25) is 0 Å². The minimum Gasteiger partial charge on any atom is -0.383 e. The maximum atomic E-state index is 13.2. The van der Waals surface area contributed by atoms with Crippen molar-refractivity contribution in [3.05, 3.63) is 35.5 Å². The van der Waals surface area contributed by atoms with E-state index in [1.165, 1.54) is 18.5 Å². The first-order valence-corrected chi connectivity index (χ1v) is 4.53. The molecule has 6 heteroatoms. The van der Waals surface area contributed by atoms with Gasteiger partial charge in [0.1, 0.15) is 6.07 Å². The Hall–Kier alpha value is -2.42. The maximum Gasteiger partial charge on any atom is 0.165 e. The SMILES string of the molecule is N#CC1=CNCC(c2cnc(N)c(F)c2)=N1. The molecule has 5 nitrogen and oxygen atoms in total. The van der Waals surface area contributed by atoms with E-state index in [1.54, 1.807) is 0 Å². The molecular formula is C10H8FN5. The van der Waals surface area contributed by atoms with Crippen LogP contribution >= 0.6 is 0 Å². The normalized spacial score (nSPS) is 14.5. The van der Waals surface area contributed by atoms with Crippen LogP contribution in [0.3, 0.4) is 0 Å². The fourth-order valence-corrected chi connectivity index (χ4v) is 1.29. The second-order valence-electron chi connectivity index (χ2n) is 3.17. The molecule has 0 unspecified atom stereocenters. The van der Waals surface area contributed by atoms with Crippen molar-refractivity contribution in [3.8, 4) is 6.07 Å². The third kappa shape index (κ3) is 1.83. The van der Waals surface area contributed by atoms with Crippen LogP contribution < -0.4 is 11.1 Å². The van der Waals surface area contributed by atoms with Gasteiger partial charge in [-0.2, -0.15) is 5.26 Å². The summed E-state index contributed by atoms with van der Waals surface area (Å²) in [5.74, 6) is -0.738. The maximum absolute atomic E-state index is 13.2. The molecule has 16 heavy (non-hydrogen) atoms. The lowest BCUT2D eigenvalue weighted by Crippen LogP contribution is -2.23. The number of hydrogen-bond donors (Lipinski definition) is 2. The minimum absolute atomic E-state index is 0.149. The molecule has 0 saturated carbocycles. The monoisotopic (exact) mass is 217 g/mol. The second kappa shape index (κ2) is 3.98. The molecule has 80 valence electrons. The lowest BCUT2D eigenvalue weighted by Gasteiger charge is -2.11.